The molecule has 0 aromatic carbocycles. The SMILES string of the molecule is N#CCCN1CC2CC[C@H]1C[C@H](Nc1nc(Cl)cc3ncccc13)C2. The number of aromatic nitrogens is 2. The molecule has 0 spiro atoms. The summed E-state index contributed by atoms with van der Waals surface area (Å²) in [5.41, 5.74) is 0.872. The Hall–Kier alpha value is -1.90. The number of anilines is 1. The van der Waals surface area contributed by atoms with Gasteiger partial charge in [-0.25, -0.2) is 4.98 Å². The van der Waals surface area contributed by atoms with Crippen molar-refractivity contribution in [3.63, 3.8) is 0 Å². The second kappa shape index (κ2) is 7.15. The van der Waals surface area contributed by atoms with Gasteiger partial charge in [-0.3, -0.25) is 9.88 Å². The van der Waals surface area contributed by atoms with Gasteiger partial charge in [-0.1, -0.05) is 11.6 Å². The average molecular weight is 356 g/mol. The van der Waals surface area contributed by atoms with Gasteiger partial charge in [0, 0.05) is 49.2 Å². The molecule has 3 fully saturated rings. The normalized spacial score (nSPS) is 26.3. The lowest BCUT2D eigenvalue weighted by Gasteiger charge is -2.36. The first-order chi connectivity index (χ1) is 12.2. The Balaban J connectivity index is 1.55. The van der Waals surface area contributed by atoms with Gasteiger partial charge in [-0.05, 0) is 43.7 Å². The fraction of sp³-hybridized carbons (Fsp3) is 0.526. The highest BCUT2D eigenvalue weighted by Crippen LogP contribution is 2.35. The minimum Gasteiger partial charge on any atom is -0.367 e. The summed E-state index contributed by atoms with van der Waals surface area (Å²) in [6.45, 7) is 2.02. The van der Waals surface area contributed by atoms with E-state index < -0.39 is 0 Å². The fourth-order valence-electron chi connectivity index (χ4n) is 4.40. The van der Waals surface area contributed by atoms with Crippen LogP contribution in [0.15, 0.2) is 24.4 Å². The van der Waals surface area contributed by atoms with Crippen molar-refractivity contribution >= 4 is 28.3 Å². The smallest absolute Gasteiger partial charge is 0.137 e. The van der Waals surface area contributed by atoms with Crippen LogP contribution in [-0.2, 0) is 0 Å². The van der Waals surface area contributed by atoms with E-state index >= 15 is 0 Å². The third kappa shape index (κ3) is 3.56. The van der Waals surface area contributed by atoms with E-state index in [2.05, 4.69) is 26.3 Å². The number of nitriles is 1. The predicted octanol–water partition coefficient (Wildman–Crippen LogP) is 3.85. The Kier molecular flexibility index (Phi) is 4.74. The monoisotopic (exact) mass is 355 g/mol. The zero-order valence-electron chi connectivity index (χ0n) is 14.2. The van der Waals surface area contributed by atoms with E-state index in [9.17, 15) is 0 Å². The highest BCUT2D eigenvalue weighted by molar-refractivity contribution is 6.30. The van der Waals surface area contributed by atoms with Crippen molar-refractivity contribution < 1.29 is 0 Å². The van der Waals surface area contributed by atoms with Gasteiger partial charge < -0.3 is 5.32 Å². The van der Waals surface area contributed by atoms with Gasteiger partial charge in [-0.2, -0.15) is 5.26 Å². The molecular weight excluding hydrogens is 334 g/mol. The van der Waals surface area contributed by atoms with Crippen LogP contribution in [0, 0.1) is 17.2 Å². The van der Waals surface area contributed by atoms with Crippen molar-refractivity contribution in [3.8, 4) is 6.07 Å². The Morgan fingerprint density at radius 1 is 1.36 bits per heavy atom. The predicted molar refractivity (Wildman–Crippen MR) is 99.5 cm³/mol. The topological polar surface area (TPSA) is 64.8 Å². The summed E-state index contributed by atoms with van der Waals surface area (Å²) in [5, 5.41) is 14.0. The van der Waals surface area contributed by atoms with Crippen LogP contribution in [-0.4, -0.2) is 40.0 Å². The number of fused-ring (bicyclic) bond motifs is 5. The van der Waals surface area contributed by atoms with Gasteiger partial charge in [0.2, 0.25) is 0 Å². The van der Waals surface area contributed by atoms with Crippen molar-refractivity contribution in [2.45, 2.75) is 44.2 Å². The third-order valence-corrected chi connectivity index (χ3v) is 5.71. The number of piperidine rings is 1. The van der Waals surface area contributed by atoms with Gasteiger partial charge in [0.15, 0.2) is 0 Å². The van der Waals surface area contributed by atoms with E-state index in [-0.39, 0.29) is 0 Å². The molecule has 0 radical (unpaired) electrons. The molecule has 25 heavy (non-hydrogen) atoms. The lowest BCUT2D eigenvalue weighted by Crippen LogP contribution is -2.41. The van der Waals surface area contributed by atoms with E-state index in [1.807, 2.05) is 18.2 Å². The molecule has 1 N–H and O–H groups in total. The number of hydrogen-bond acceptors (Lipinski definition) is 5. The Morgan fingerprint density at radius 3 is 3.16 bits per heavy atom. The number of nitrogens with zero attached hydrogens (tertiary/aromatic N) is 4. The van der Waals surface area contributed by atoms with Gasteiger partial charge in [-0.15, -0.1) is 0 Å². The van der Waals surface area contributed by atoms with Crippen LogP contribution in [0.25, 0.3) is 10.9 Å². The van der Waals surface area contributed by atoms with E-state index in [0.29, 0.717) is 29.6 Å². The van der Waals surface area contributed by atoms with Crippen molar-refractivity contribution in [1.29, 1.82) is 5.26 Å². The minimum atomic E-state index is 0.388. The van der Waals surface area contributed by atoms with Crippen LogP contribution in [0.5, 0.6) is 0 Å². The Labute approximate surface area is 153 Å². The molecule has 2 aromatic heterocycles. The molecule has 2 aromatic rings. The zero-order chi connectivity index (χ0) is 17.2. The van der Waals surface area contributed by atoms with Crippen LogP contribution in [0.4, 0.5) is 5.82 Å². The van der Waals surface area contributed by atoms with E-state index in [0.717, 1.165) is 42.7 Å². The first kappa shape index (κ1) is 16.6. The summed E-state index contributed by atoms with van der Waals surface area (Å²) < 4.78 is 0. The highest BCUT2D eigenvalue weighted by atomic mass is 35.5. The summed E-state index contributed by atoms with van der Waals surface area (Å²) in [7, 11) is 0. The molecule has 5 rings (SSSR count). The van der Waals surface area contributed by atoms with Crippen LogP contribution in [0.3, 0.4) is 0 Å². The van der Waals surface area contributed by atoms with Crippen LogP contribution < -0.4 is 5.32 Å². The molecule has 4 heterocycles. The largest absolute Gasteiger partial charge is 0.367 e. The number of nitrogens with one attached hydrogen (secondary N) is 1. The Morgan fingerprint density at radius 2 is 2.28 bits per heavy atom. The summed E-state index contributed by atoms with van der Waals surface area (Å²) in [5.74, 6) is 1.53. The van der Waals surface area contributed by atoms with E-state index in [1.54, 1.807) is 6.20 Å². The zero-order valence-corrected chi connectivity index (χ0v) is 14.9. The molecule has 3 aliphatic rings. The minimum absolute atomic E-state index is 0.388. The molecule has 5 nitrogen and oxygen atoms in total. The van der Waals surface area contributed by atoms with Gasteiger partial charge >= 0.3 is 0 Å². The van der Waals surface area contributed by atoms with E-state index in [1.165, 1.54) is 12.8 Å². The molecule has 1 saturated carbocycles. The molecule has 130 valence electrons. The maximum atomic E-state index is 8.90. The average Bonchev–Trinajstić information content (AvgIpc) is 2.90. The molecular formula is C19H22ClN5. The number of rotatable bonds is 4. The molecule has 2 saturated heterocycles. The fourth-order valence-corrected chi connectivity index (χ4v) is 4.59. The van der Waals surface area contributed by atoms with Crippen molar-refractivity contribution in [3.05, 3.63) is 29.5 Å². The molecule has 1 aliphatic carbocycles. The number of hydrogen-bond donors (Lipinski definition) is 1. The first-order valence-electron chi connectivity index (χ1n) is 9.01. The molecule has 2 aliphatic heterocycles. The summed E-state index contributed by atoms with van der Waals surface area (Å²) in [6.07, 6.45) is 7.17. The lowest BCUT2D eigenvalue weighted by molar-refractivity contribution is 0.127. The molecule has 2 bridgehead atoms. The van der Waals surface area contributed by atoms with Gasteiger partial charge in [0.05, 0.1) is 11.6 Å². The second-order valence-corrected chi connectivity index (χ2v) is 7.56. The Bertz CT molecular complexity index is 802. The van der Waals surface area contributed by atoms with Crippen molar-refractivity contribution in [2.24, 2.45) is 5.92 Å². The highest BCUT2D eigenvalue weighted by Gasteiger charge is 2.35. The number of halogens is 1. The maximum Gasteiger partial charge on any atom is 0.137 e. The second-order valence-electron chi connectivity index (χ2n) is 7.18. The van der Waals surface area contributed by atoms with Crippen LogP contribution in [0.1, 0.15) is 32.1 Å². The first-order valence-corrected chi connectivity index (χ1v) is 9.39. The van der Waals surface area contributed by atoms with Gasteiger partial charge in [0.25, 0.3) is 0 Å². The standard InChI is InChI=1S/C19H22ClN5/c20-18-11-17-16(3-1-7-22-17)19(24-18)23-14-9-13-4-5-15(10-14)25(12-13)8-2-6-21/h1,3,7,11,13-15H,2,4-5,8-10,12H2,(H,23,24)/t13?,14-,15+/m1/s1. The maximum absolute atomic E-state index is 8.90. The molecule has 3 atom stereocenters. The molecule has 0 amide bonds. The summed E-state index contributed by atoms with van der Waals surface area (Å²) in [4.78, 5) is 11.4. The van der Waals surface area contributed by atoms with Crippen LogP contribution in [0.2, 0.25) is 5.15 Å². The van der Waals surface area contributed by atoms with Crippen molar-refractivity contribution in [2.75, 3.05) is 18.4 Å². The van der Waals surface area contributed by atoms with Gasteiger partial charge in [0.1, 0.15) is 11.0 Å². The van der Waals surface area contributed by atoms with Crippen molar-refractivity contribution in [1.82, 2.24) is 14.9 Å². The van der Waals surface area contributed by atoms with E-state index in [4.69, 9.17) is 16.9 Å². The summed E-state index contributed by atoms with van der Waals surface area (Å²) >= 11 is 6.19. The molecule has 1 unspecified atom stereocenters. The quantitative estimate of drug-likeness (QED) is 0.844. The number of pyridine rings is 2. The third-order valence-electron chi connectivity index (χ3n) is 5.51. The molecule has 6 heteroatoms. The van der Waals surface area contributed by atoms with Crippen LogP contribution >= 0.6 is 11.6 Å². The lowest BCUT2D eigenvalue weighted by atomic mass is 9.94. The summed E-state index contributed by atoms with van der Waals surface area (Å²) in [6, 6.07) is 9.02.